The second kappa shape index (κ2) is 6.64. The molecule has 0 saturated heterocycles. The van der Waals surface area contributed by atoms with Crippen LogP contribution in [0.25, 0.3) is 16.5 Å². The van der Waals surface area contributed by atoms with E-state index in [2.05, 4.69) is 20.4 Å². The van der Waals surface area contributed by atoms with Crippen LogP contribution < -0.4 is 0 Å². The normalized spacial score (nSPS) is 11.0. The second-order valence-electron chi connectivity index (χ2n) is 5.87. The first kappa shape index (κ1) is 16.3. The van der Waals surface area contributed by atoms with Gasteiger partial charge in [-0.05, 0) is 25.1 Å². The lowest BCUT2D eigenvalue weighted by Crippen LogP contribution is -2.14. The summed E-state index contributed by atoms with van der Waals surface area (Å²) in [6.07, 6.45) is 1.75. The zero-order valence-electron chi connectivity index (χ0n) is 14.3. The summed E-state index contributed by atoms with van der Waals surface area (Å²) >= 11 is 1.53. The van der Waals surface area contributed by atoms with Crippen LogP contribution >= 0.6 is 11.3 Å². The molecule has 0 bridgehead atoms. The molecule has 0 unspecified atom stereocenters. The Morgan fingerprint density at radius 3 is 2.73 bits per heavy atom. The van der Waals surface area contributed by atoms with Gasteiger partial charge in [-0.2, -0.15) is 4.80 Å². The summed E-state index contributed by atoms with van der Waals surface area (Å²) in [6.45, 7) is 3.93. The molecule has 0 radical (unpaired) electrons. The van der Waals surface area contributed by atoms with Gasteiger partial charge in [-0.25, -0.2) is 4.98 Å². The Bertz CT molecular complexity index is 1050. The summed E-state index contributed by atoms with van der Waals surface area (Å²) in [7, 11) is 0. The van der Waals surface area contributed by atoms with Crippen LogP contribution in [0.5, 0.6) is 0 Å². The number of nitrogens with zero attached hydrogens (tertiary/aromatic N) is 6. The van der Waals surface area contributed by atoms with Crippen LogP contribution in [-0.4, -0.2) is 35.5 Å². The van der Waals surface area contributed by atoms with Gasteiger partial charge in [-0.1, -0.05) is 30.3 Å². The second-order valence-corrected chi connectivity index (χ2v) is 6.74. The van der Waals surface area contributed by atoms with Gasteiger partial charge >= 0.3 is 0 Å². The fourth-order valence-electron chi connectivity index (χ4n) is 2.89. The Morgan fingerprint density at radius 1 is 1.19 bits per heavy atom. The van der Waals surface area contributed by atoms with Gasteiger partial charge in [0.1, 0.15) is 6.54 Å². The highest BCUT2D eigenvalue weighted by Gasteiger charge is 2.19. The quantitative estimate of drug-likeness (QED) is 0.509. The van der Waals surface area contributed by atoms with Crippen molar-refractivity contribution >= 4 is 17.1 Å². The van der Waals surface area contributed by atoms with Gasteiger partial charge < -0.3 is 0 Å². The van der Waals surface area contributed by atoms with Gasteiger partial charge in [0.15, 0.2) is 10.9 Å². The van der Waals surface area contributed by atoms with E-state index in [0.29, 0.717) is 11.4 Å². The van der Waals surface area contributed by atoms with Crippen molar-refractivity contribution in [3.8, 4) is 16.5 Å². The minimum absolute atomic E-state index is 0.0436. The zero-order valence-corrected chi connectivity index (χ0v) is 15.1. The predicted molar refractivity (Wildman–Crippen MR) is 98.5 cm³/mol. The number of benzene rings is 1. The molecule has 0 fully saturated rings. The van der Waals surface area contributed by atoms with E-state index in [0.717, 1.165) is 22.1 Å². The van der Waals surface area contributed by atoms with Crippen LogP contribution in [0, 0.1) is 13.8 Å². The number of thiazole rings is 1. The largest absolute Gasteiger partial charge is 0.294 e. The number of aromatic nitrogens is 6. The lowest BCUT2D eigenvalue weighted by Gasteiger charge is -2.05. The lowest BCUT2D eigenvalue weighted by molar-refractivity contribution is 0.0961. The first-order chi connectivity index (χ1) is 12.6. The predicted octanol–water partition coefficient (Wildman–Crippen LogP) is 3.09. The van der Waals surface area contributed by atoms with E-state index in [4.69, 9.17) is 0 Å². The molecule has 3 heterocycles. The highest BCUT2D eigenvalue weighted by Crippen LogP contribution is 2.23. The Balaban J connectivity index is 1.58. The molecule has 0 aliphatic carbocycles. The fraction of sp³-hybridized carbons (Fsp3) is 0.167. The van der Waals surface area contributed by atoms with E-state index >= 15 is 0 Å². The van der Waals surface area contributed by atoms with E-state index in [1.54, 1.807) is 6.20 Å². The van der Waals surface area contributed by atoms with Gasteiger partial charge in [0, 0.05) is 34.1 Å². The van der Waals surface area contributed by atoms with E-state index in [1.807, 2.05) is 60.2 Å². The SMILES string of the molecule is Cc1cc(C(=O)Cn2nnc(-c3ccccc3)n2)c(C)n1-c1nccs1. The molecular weight excluding hydrogens is 348 g/mol. The molecule has 0 spiro atoms. The Kier molecular flexibility index (Phi) is 4.18. The molecule has 0 aliphatic heterocycles. The average molecular weight is 364 g/mol. The van der Waals surface area contributed by atoms with Gasteiger partial charge in [0.05, 0.1) is 0 Å². The number of Topliss-reactive ketones (excluding diaryl/α,β-unsaturated/α-hetero) is 1. The minimum atomic E-state index is -0.0575. The maximum Gasteiger partial charge on any atom is 0.204 e. The maximum absolute atomic E-state index is 12.8. The molecule has 26 heavy (non-hydrogen) atoms. The third-order valence-corrected chi connectivity index (χ3v) is 4.87. The summed E-state index contributed by atoms with van der Waals surface area (Å²) < 4.78 is 1.99. The number of ketones is 1. The number of rotatable bonds is 5. The molecule has 130 valence electrons. The van der Waals surface area contributed by atoms with Gasteiger partial charge in [-0.15, -0.1) is 21.5 Å². The maximum atomic E-state index is 12.8. The smallest absolute Gasteiger partial charge is 0.204 e. The molecule has 0 atom stereocenters. The van der Waals surface area contributed by atoms with Crippen LogP contribution in [0.4, 0.5) is 0 Å². The summed E-state index contributed by atoms with van der Waals surface area (Å²) in [5, 5.41) is 15.1. The van der Waals surface area contributed by atoms with Gasteiger partial charge in [0.2, 0.25) is 5.82 Å². The Labute approximate surface area is 153 Å². The number of carbonyl (C=O) groups is 1. The number of hydrogen-bond acceptors (Lipinski definition) is 6. The number of hydrogen-bond donors (Lipinski definition) is 0. The Hall–Kier alpha value is -3.13. The molecule has 4 rings (SSSR count). The van der Waals surface area contributed by atoms with Crippen molar-refractivity contribution < 1.29 is 4.79 Å². The van der Waals surface area contributed by atoms with Crippen LogP contribution in [0.15, 0.2) is 48.0 Å². The van der Waals surface area contributed by atoms with Crippen molar-refractivity contribution in [1.82, 2.24) is 29.8 Å². The highest BCUT2D eigenvalue weighted by atomic mass is 32.1. The van der Waals surface area contributed by atoms with Crippen LogP contribution in [0.1, 0.15) is 21.7 Å². The summed E-state index contributed by atoms with van der Waals surface area (Å²) in [6, 6.07) is 11.4. The van der Waals surface area contributed by atoms with E-state index in [-0.39, 0.29) is 12.3 Å². The van der Waals surface area contributed by atoms with Crippen LogP contribution in [-0.2, 0) is 6.54 Å². The van der Waals surface area contributed by atoms with Crippen molar-refractivity contribution in [2.24, 2.45) is 0 Å². The van der Waals surface area contributed by atoms with Gasteiger partial charge in [-0.3, -0.25) is 9.36 Å². The highest BCUT2D eigenvalue weighted by molar-refractivity contribution is 7.12. The molecule has 0 aliphatic rings. The monoisotopic (exact) mass is 364 g/mol. The molecular formula is C18H16N6OS. The van der Waals surface area contributed by atoms with E-state index < -0.39 is 0 Å². The zero-order chi connectivity index (χ0) is 18.1. The van der Waals surface area contributed by atoms with E-state index in [1.165, 1.54) is 16.1 Å². The molecule has 0 saturated carbocycles. The van der Waals surface area contributed by atoms with Crippen LogP contribution in [0.2, 0.25) is 0 Å². The van der Waals surface area contributed by atoms with Crippen molar-refractivity contribution in [2.45, 2.75) is 20.4 Å². The molecule has 8 heteroatoms. The third-order valence-electron chi connectivity index (χ3n) is 4.11. The summed E-state index contributed by atoms with van der Waals surface area (Å²) in [5.74, 6) is 0.449. The first-order valence-electron chi connectivity index (χ1n) is 8.08. The molecule has 3 aromatic heterocycles. The minimum Gasteiger partial charge on any atom is -0.294 e. The molecule has 7 nitrogen and oxygen atoms in total. The van der Waals surface area contributed by atoms with Gasteiger partial charge in [0.25, 0.3) is 0 Å². The molecule has 0 amide bonds. The standard InChI is InChI=1S/C18H16N6OS/c1-12-10-15(13(2)24(12)18-19-8-9-26-18)16(25)11-23-21-17(20-22-23)14-6-4-3-5-7-14/h3-10H,11H2,1-2H3. The van der Waals surface area contributed by atoms with Crippen LogP contribution in [0.3, 0.4) is 0 Å². The van der Waals surface area contributed by atoms with Crippen molar-refractivity contribution in [1.29, 1.82) is 0 Å². The fourth-order valence-corrected chi connectivity index (χ4v) is 3.64. The topological polar surface area (TPSA) is 78.5 Å². The van der Waals surface area contributed by atoms with E-state index in [9.17, 15) is 4.79 Å². The molecule has 0 N–H and O–H groups in total. The third kappa shape index (κ3) is 2.95. The summed E-state index contributed by atoms with van der Waals surface area (Å²) in [4.78, 5) is 18.4. The number of tetrazole rings is 1. The van der Waals surface area contributed by atoms with Crippen molar-refractivity contribution in [3.05, 3.63) is 64.9 Å². The first-order valence-corrected chi connectivity index (χ1v) is 8.96. The number of aryl methyl sites for hydroxylation is 1. The molecule has 1 aromatic carbocycles. The van der Waals surface area contributed by atoms with Crippen molar-refractivity contribution in [3.63, 3.8) is 0 Å². The molecule has 4 aromatic rings. The average Bonchev–Trinajstić information content (AvgIpc) is 3.37. The Morgan fingerprint density at radius 2 is 2.00 bits per heavy atom. The summed E-state index contributed by atoms with van der Waals surface area (Å²) in [5.41, 5.74) is 3.35. The van der Waals surface area contributed by atoms with Crippen molar-refractivity contribution in [2.75, 3.05) is 0 Å². The lowest BCUT2D eigenvalue weighted by atomic mass is 10.1. The number of carbonyl (C=O) groups excluding carboxylic acids is 1.